The van der Waals surface area contributed by atoms with Gasteiger partial charge in [-0.2, -0.15) is 0 Å². The van der Waals surface area contributed by atoms with Gasteiger partial charge in [0.05, 0.1) is 6.61 Å². The fraction of sp³-hybridized carbons (Fsp3) is 0.857. The minimum atomic E-state index is -1.43. The Morgan fingerprint density at radius 2 is 2.21 bits per heavy atom. The Bertz CT molecular complexity index is 368. The van der Waals surface area contributed by atoms with Gasteiger partial charge < -0.3 is 14.4 Å². The van der Waals surface area contributed by atoms with Crippen LogP contribution < -0.4 is 0 Å². The molecule has 19 heavy (non-hydrogen) atoms. The Morgan fingerprint density at radius 3 is 2.84 bits per heavy atom. The molecule has 108 valence electrons. The van der Waals surface area contributed by atoms with Gasteiger partial charge in [-0.15, -0.1) is 0 Å². The van der Waals surface area contributed by atoms with E-state index in [2.05, 4.69) is 0 Å². The Labute approximate surface area is 114 Å². The summed E-state index contributed by atoms with van der Waals surface area (Å²) in [6.45, 7) is 6.35. The van der Waals surface area contributed by atoms with E-state index >= 15 is 0 Å². The molecule has 0 N–H and O–H groups in total. The third-order valence-electron chi connectivity index (χ3n) is 3.99. The molecular formula is C14H23NO4. The molecule has 2 rings (SSSR count). The van der Waals surface area contributed by atoms with Crippen molar-refractivity contribution in [3.8, 4) is 0 Å². The summed E-state index contributed by atoms with van der Waals surface area (Å²) < 4.78 is 11.0. The standard InChI is InChI=1S/C14H23NO4/c1-4-18-13(17)14(10(2)3)12(16)15-9-7-5-6-8-11(15)19-14/h10-11H,4-9H2,1-3H3. The third kappa shape index (κ3) is 2.24. The maximum Gasteiger partial charge on any atom is 0.348 e. The van der Waals surface area contributed by atoms with Crippen LogP contribution in [0.4, 0.5) is 0 Å². The highest BCUT2D eigenvalue weighted by Crippen LogP contribution is 2.38. The number of ether oxygens (including phenoxy) is 2. The van der Waals surface area contributed by atoms with Crippen molar-refractivity contribution >= 4 is 11.9 Å². The molecule has 0 radical (unpaired) electrons. The maximum atomic E-state index is 12.7. The van der Waals surface area contributed by atoms with E-state index in [1.165, 1.54) is 0 Å². The highest BCUT2D eigenvalue weighted by atomic mass is 16.6. The van der Waals surface area contributed by atoms with Crippen LogP contribution in [0.3, 0.4) is 0 Å². The second kappa shape index (κ2) is 5.49. The molecule has 2 unspecified atom stereocenters. The lowest BCUT2D eigenvalue weighted by Gasteiger charge is -2.27. The first-order valence-corrected chi connectivity index (χ1v) is 7.20. The van der Waals surface area contributed by atoms with Gasteiger partial charge in [0.2, 0.25) is 5.60 Å². The molecule has 2 aliphatic heterocycles. The van der Waals surface area contributed by atoms with Crippen LogP contribution in [0.1, 0.15) is 46.5 Å². The number of carbonyl (C=O) groups excluding carboxylic acids is 2. The number of fused-ring (bicyclic) bond motifs is 1. The zero-order chi connectivity index (χ0) is 14.0. The van der Waals surface area contributed by atoms with E-state index in [1.807, 2.05) is 13.8 Å². The van der Waals surface area contributed by atoms with Gasteiger partial charge in [-0.05, 0) is 26.2 Å². The van der Waals surface area contributed by atoms with Gasteiger partial charge in [-0.25, -0.2) is 4.79 Å². The molecule has 1 amide bonds. The summed E-state index contributed by atoms with van der Waals surface area (Å²) in [5, 5.41) is 0. The van der Waals surface area contributed by atoms with E-state index in [0.29, 0.717) is 6.54 Å². The summed E-state index contributed by atoms with van der Waals surface area (Å²) in [7, 11) is 0. The zero-order valence-corrected chi connectivity index (χ0v) is 12.0. The molecule has 2 atom stereocenters. The lowest BCUT2D eigenvalue weighted by Crippen LogP contribution is -2.52. The minimum Gasteiger partial charge on any atom is -0.463 e. The quantitative estimate of drug-likeness (QED) is 0.578. The summed E-state index contributed by atoms with van der Waals surface area (Å²) in [6, 6.07) is 0. The van der Waals surface area contributed by atoms with Crippen molar-refractivity contribution < 1.29 is 19.1 Å². The molecule has 2 saturated heterocycles. The predicted octanol–water partition coefficient (Wildman–Crippen LogP) is 1.70. The van der Waals surface area contributed by atoms with Crippen molar-refractivity contribution in [2.45, 2.75) is 58.3 Å². The monoisotopic (exact) mass is 269 g/mol. The van der Waals surface area contributed by atoms with Crippen LogP contribution in [-0.2, 0) is 19.1 Å². The van der Waals surface area contributed by atoms with E-state index in [9.17, 15) is 9.59 Å². The molecule has 5 heteroatoms. The highest BCUT2D eigenvalue weighted by Gasteiger charge is 2.61. The summed E-state index contributed by atoms with van der Waals surface area (Å²) in [4.78, 5) is 26.7. The van der Waals surface area contributed by atoms with Gasteiger partial charge in [0.1, 0.15) is 6.23 Å². The first-order chi connectivity index (χ1) is 9.04. The number of rotatable bonds is 3. The Hall–Kier alpha value is -1.10. The predicted molar refractivity (Wildman–Crippen MR) is 69.3 cm³/mol. The Kier molecular flexibility index (Phi) is 4.13. The first-order valence-electron chi connectivity index (χ1n) is 7.20. The van der Waals surface area contributed by atoms with Crippen molar-refractivity contribution in [1.82, 2.24) is 4.90 Å². The van der Waals surface area contributed by atoms with Gasteiger partial charge in [0.25, 0.3) is 5.91 Å². The van der Waals surface area contributed by atoms with Gasteiger partial charge in [0.15, 0.2) is 0 Å². The molecule has 0 aromatic heterocycles. The van der Waals surface area contributed by atoms with E-state index < -0.39 is 11.6 Å². The van der Waals surface area contributed by atoms with Gasteiger partial charge in [0, 0.05) is 12.5 Å². The number of hydrogen-bond acceptors (Lipinski definition) is 4. The SMILES string of the molecule is CCOC(=O)C1(C(C)C)OC2CCCCCN2C1=O. The van der Waals surface area contributed by atoms with E-state index in [1.54, 1.807) is 11.8 Å². The molecule has 2 heterocycles. The van der Waals surface area contributed by atoms with Gasteiger partial charge in [-0.1, -0.05) is 20.3 Å². The molecule has 5 nitrogen and oxygen atoms in total. The molecule has 0 spiro atoms. The largest absolute Gasteiger partial charge is 0.463 e. The molecule has 0 saturated carbocycles. The van der Waals surface area contributed by atoms with E-state index in [4.69, 9.17) is 9.47 Å². The van der Waals surface area contributed by atoms with Crippen molar-refractivity contribution in [3.63, 3.8) is 0 Å². The van der Waals surface area contributed by atoms with Crippen molar-refractivity contribution in [1.29, 1.82) is 0 Å². The summed E-state index contributed by atoms with van der Waals surface area (Å²) in [5.41, 5.74) is -1.43. The average Bonchev–Trinajstić information content (AvgIpc) is 2.53. The molecule has 2 aliphatic rings. The van der Waals surface area contributed by atoms with Crippen molar-refractivity contribution in [2.75, 3.05) is 13.2 Å². The smallest absolute Gasteiger partial charge is 0.348 e. The van der Waals surface area contributed by atoms with E-state index in [-0.39, 0.29) is 24.7 Å². The van der Waals surface area contributed by atoms with Crippen LogP contribution in [-0.4, -0.2) is 41.8 Å². The topological polar surface area (TPSA) is 55.8 Å². The molecular weight excluding hydrogens is 246 g/mol. The van der Waals surface area contributed by atoms with Crippen molar-refractivity contribution in [2.24, 2.45) is 5.92 Å². The van der Waals surface area contributed by atoms with Gasteiger partial charge >= 0.3 is 5.97 Å². The molecule has 2 fully saturated rings. The van der Waals surface area contributed by atoms with E-state index in [0.717, 1.165) is 25.7 Å². The molecule has 0 aromatic carbocycles. The average molecular weight is 269 g/mol. The highest BCUT2D eigenvalue weighted by molar-refractivity contribution is 6.07. The van der Waals surface area contributed by atoms with Crippen LogP contribution in [0, 0.1) is 5.92 Å². The first kappa shape index (κ1) is 14.3. The number of nitrogens with zero attached hydrogens (tertiary/aromatic N) is 1. The molecule has 0 aliphatic carbocycles. The maximum absolute atomic E-state index is 12.7. The lowest BCUT2D eigenvalue weighted by molar-refractivity contribution is -0.179. The second-order valence-corrected chi connectivity index (χ2v) is 5.53. The summed E-state index contributed by atoms with van der Waals surface area (Å²) in [5.74, 6) is -0.984. The third-order valence-corrected chi connectivity index (χ3v) is 3.99. The zero-order valence-electron chi connectivity index (χ0n) is 12.0. The van der Waals surface area contributed by atoms with Crippen LogP contribution >= 0.6 is 0 Å². The summed E-state index contributed by atoms with van der Waals surface area (Å²) >= 11 is 0. The van der Waals surface area contributed by atoms with Crippen LogP contribution in [0.15, 0.2) is 0 Å². The Balaban J connectivity index is 2.30. The lowest BCUT2D eigenvalue weighted by atomic mass is 9.89. The fourth-order valence-corrected chi connectivity index (χ4v) is 2.90. The van der Waals surface area contributed by atoms with Crippen molar-refractivity contribution in [3.05, 3.63) is 0 Å². The van der Waals surface area contributed by atoms with Crippen LogP contribution in [0.2, 0.25) is 0 Å². The van der Waals surface area contributed by atoms with Crippen LogP contribution in [0.25, 0.3) is 0 Å². The molecule has 0 bridgehead atoms. The second-order valence-electron chi connectivity index (χ2n) is 5.53. The Morgan fingerprint density at radius 1 is 1.47 bits per heavy atom. The number of esters is 1. The summed E-state index contributed by atoms with van der Waals surface area (Å²) in [6.07, 6.45) is 3.66. The number of hydrogen-bond donors (Lipinski definition) is 0. The number of amides is 1. The number of carbonyl (C=O) groups is 2. The minimum absolute atomic E-state index is 0.215. The molecule has 0 aromatic rings. The normalized spacial score (nSPS) is 31.3. The van der Waals surface area contributed by atoms with Gasteiger partial charge in [-0.3, -0.25) is 4.79 Å². The van der Waals surface area contributed by atoms with Crippen LogP contribution in [0.5, 0.6) is 0 Å². The fourth-order valence-electron chi connectivity index (χ4n) is 2.90.